The van der Waals surface area contributed by atoms with Crippen molar-refractivity contribution in [2.24, 2.45) is 12.5 Å². The van der Waals surface area contributed by atoms with Crippen LogP contribution in [0.15, 0.2) is 12.1 Å². The Morgan fingerprint density at radius 3 is 2.68 bits per heavy atom. The van der Waals surface area contributed by atoms with E-state index in [4.69, 9.17) is 22.0 Å². The van der Waals surface area contributed by atoms with Crippen LogP contribution in [0, 0.1) is 16.7 Å². The number of amides is 2. The number of nitrogens with one attached hydrogen (secondary N) is 2. The summed E-state index contributed by atoms with van der Waals surface area (Å²) >= 11 is 6.10. The summed E-state index contributed by atoms with van der Waals surface area (Å²) in [6.45, 7) is 0. The number of aromatic nitrogens is 4. The largest absolute Gasteiger partial charge is 0.465 e. The number of hydrogen-bond donors (Lipinski definition) is 3. The molecule has 1 aliphatic carbocycles. The van der Waals surface area contributed by atoms with Gasteiger partial charge in [-0.25, -0.2) is 14.5 Å². The van der Waals surface area contributed by atoms with Crippen LogP contribution in [0.5, 0.6) is 0 Å². The lowest BCUT2D eigenvalue weighted by Gasteiger charge is -2.10. The van der Waals surface area contributed by atoms with E-state index >= 15 is 0 Å². The van der Waals surface area contributed by atoms with E-state index in [1.54, 1.807) is 0 Å². The molecule has 25 heavy (non-hydrogen) atoms. The molecule has 3 rings (SSSR count). The van der Waals surface area contributed by atoms with Crippen molar-refractivity contribution in [3.05, 3.63) is 17.3 Å². The second-order valence-corrected chi connectivity index (χ2v) is 5.88. The average molecular weight is 362 g/mol. The summed E-state index contributed by atoms with van der Waals surface area (Å²) < 4.78 is 1.25. The van der Waals surface area contributed by atoms with Crippen molar-refractivity contribution in [2.45, 2.75) is 12.8 Å². The molecular weight excluding hydrogens is 350 g/mol. The van der Waals surface area contributed by atoms with E-state index in [1.165, 1.54) is 23.9 Å². The van der Waals surface area contributed by atoms with Crippen LogP contribution in [-0.4, -0.2) is 37.1 Å². The number of carbonyl (C=O) groups excluding carboxylic acids is 1. The maximum atomic E-state index is 12.1. The SMILES string of the molecule is Cn1nnc(-c2ccc(NC(=O)C3(C#N)CC3)c(Cl)n2)c1NC(=O)O. The molecule has 10 nitrogen and oxygen atoms in total. The van der Waals surface area contributed by atoms with Gasteiger partial charge >= 0.3 is 6.09 Å². The zero-order valence-electron chi connectivity index (χ0n) is 12.9. The average Bonchev–Trinajstić information content (AvgIpc) is 3.29. The number of carboxylic acid groups (broad SMARTS) is 1. The normalized spacial score (nSPS) is 14.4. The predicted molar refractivity (Wildman–Crippen MR) is 86.8 cm³/mol. The summed E-state index contributed by atoms with van der Waals surface area (Å²) in [6.07, 6.45) is -0.238. The van der Waals surface area contributed by atoms with Crippen molar-refractivity contribution in [2.75, 3.05) is 10.6 Å². The van der Waals surface area contributed by atoms with Crippen LogP contribution in [-0.2, 0) is 11.8 Å². The number of halogens is 1. The van der Waals surface area contributed by atoms with Gasteiger partial charge in [0.15, 0.2) is 16.7 Å². The van der Waals surface area contributed by atoms with E-state index in [9.17, 15) is 9.59 Å². The van der Waals surface area contributed by atoms with E-state index < -0.39 is 17.4 Å². The number of hydrogen-bond acceptors (Lipinski definition) is 6. The zero-order chi connectivity index (χ0) is 18.2. The molecule has 0 radical (unpaired) electrons. The first kappa shape index (κ1) is 16.7. The number of aryl methyl sites for hydroxylation is 1. The molecule has 0 spiro atoms. The van der Waals surface area contributed by atoms with Crippen LogP contribution in [0.1, 0.15) is 12.8 Å². The van der Waals surface area contributed by atoms with Gasteiger partial charge in [-0.3, -0.25) is 10.1 Å². The lowest BCUT2D eigenvalue weighted by molar-refractivity contribution is -0.119. The van der Waals surface area contributed by atoms with Gasteiger partial charge in [0.2, 0.25) is 5.91 Å². The third-order valence-corrected chi connectivity index (χ3v) is 4.08. The molecule has 0 aliphatic heterocycles. The minimum atomic E-state index is -1.27. The highest BCUT2D eigenvalue weighted by molar-refractivity contribution is 6.32. The van der Waals surface area contributed by atoms with Gasteiger partial charge in [-0.2, -0.15) is 5.26 Å². The Morgan fingerprint density at radius 1 is 1.40 bits per heavy atom. The standard InChI is InChI=1S/C14H12ClN7O3/c1-22-11(19-13(24)25)9(20-21-22)7-2-3-8(10(15)17-7)18-12(23)14(6-16)4-5-14/h2-3,19H,4-5H2,1H3,(H,18,23)(H,24,25). The first-order chi connectivity index (χ1) is 11.9. The van der Waals surface area contributed by atoms with Crippen LogP contribution < -0.4 is 10.6 Å². The molecule has 1 saturated carbocycles. The lowest BCUT2D eigenvalue weighted by atomic mass is 10.1. The molecule has 0 atom stereocenters. The van der Waals surface area contributed by atoms with E-state index in [-0.39, 0.29) is 28.0 Å². The summed E-state index contributed by atoms with van der Waals surface area (Å²) in [7, 11) is 1.52. The van der Waals surface area contributed by atoms with Crippen molar-refractivity contribution in [3.8, 4) is 17.5 Å². The molecule has 1 fully saturated rings. The van der Waals surface area contributed by atoms with E-state index in [2.05, 4.69) is 25.9 Å². The van der Waals surface area contributed by atoms with Crippen LogP contribution in [0.4, 0.5) is 16.3 Å². The van der Waals surface area contributed by atoms with Gasteiger partial charge in [-0.05, 0) is 25.0 Å². The van der Waals surface area contributed by atoms with Gasteiger partial charge in [-0.1, -0.05) is 16.8 Å². The minimum absolute atomic E-state index is 0.00785. The van der Waals surface area contributed by atoms with Crippen molar-refractivity contribution in [3.63, 3.8) is 0 Å². The van der Waals surface area contributed by atoms with Crippen LogP contribution in [0.3, 0.4) is 0 Å². The van der Waals surface area contributed by atoms with Gasteiger partial charge in [0, 0.05) is 7.05 Å². The van der Waals surface area contributed by atoms with Crippen molar-refractivity contribution in [1.82, 2.24) is 20.0 Å². The number of nitriles is 1. The van der Waals surface area contributed by atoms with Crippen LogP contribution in [0.25, 0.3) is 11.4 Å². The van der Waals surface area contributed by atoms with Crippen molar-refractivity contribution < 1.29 is 14.7 Å². The highest BCUT2D eigenvalue weighted by Gasteiger charge is 2.50. The summed E-state index contributed by atoms with van der Waals surface area (Å²) in [5.41, 5.74) is -0.249. The number of pyridine rings is 1. The molecule has 0 unspecified atom stereocenters. The monoisotopic (exact) mass is 361 g/mol. The van der Waals surface area contributed by atoms with Crippen molar-refractivity contribution in [1.29, 1.82) is 5.26 Å². The van der Waals surface area contributed by atoms with Crippen LogP contribution in [0.2, 0.25) is 5.15 Å². The molecule has 0 aromatic carbocycles. The molecule has 128 valence electrons. The minimum Gasteiger partial charge on any atom is -0.465 e. The molecule has 0 saturated heterocycles. The zero-order valence-corrected chi connectivity index (χ0v) is 13.7. The smallest absolute Gasteiger partial charge is 0.410 e. The quantitative estimate of drug-likeness (QED) is 0.704. The highest BCUT2D eigenvalue weighted by atomic mass is 35.5. The predicted octanol–water partition coefficient (Wildman–Crippen LogP) is 1.86. The number of anilines is 2. The summed E-state index contributed by atoms with van der Waals surface area (Å²) in [4.78, 5) is 27.1. The second kappa shape index (κ2) is 6.03. The van der Waals surface area contributed by atoms with Gasteiger partial charge in [0.05, 0.1) is 17.5 Å². The Kier molecular flexibility index (Phi) is 4.02. The molecular formula is C14H12ClN7O3. The molecule has 3 N–H and O–H groups in total. The van der Waals surface area contributed by atoms with Crippen LogP contribution >= 0.6 is 11.6 Å². The molecule has 2 aromatic rings. The lowest BCUT2D eigenvalue weighted by Crippen LogP contribution is -2.23. The number of carbonyl (C=O) groups is 2. The Hall–Kier alpha value is -3.19. The Balaban J connectivity index is 1.87. The summed E-state index contributed by atoms with van der Waals surface area (Å²) in [5.74, 6) is -0.284. The summed E-state index contributed by atoms with van der Waals surface area (Å²) in [6, 6.07) is 5.02. The maximum absolute atomic E-state index is 12.1. The van der Waals surface area contributed by atoms with Crippen molar-refractivity contribution >= 4 is 35.1 Å². The number of rotatable bonds is 4. The fourth-order valence-electron chi connectivity index (χ4n) is 2.19. The highest BCUT2D eigenvalue weighted by Crippen LogP contribution is 2.46. The molecule has 2 heterocycles. The van der Waals surface area contributed by atoms with E-state index in [0.29, 0.717) is 12.8 Å². The molecule has 2 aromatic heterocycles. The Bertz CT molecular complexity index is 914. The Labute approximate surface area is 146 Å². The van der Waals surface area contributed by atoms with Gasteiger partial charge in [-0.15, -0.1) is 5.10 Å². The maximum Gasteiger partial charge on any atom is 0.410 e. The first-order valence-corrected chi connectivity index (χ1v) is 7.53. The van der Waals surface area contributed by atoms with E-state index in [0.717, 1.165) is 0 Å². The number of nitrogens with zero attached hydrogens (tertiary/aromatic N) is 5. The first-order valence-electron chi connectivity index (χ1n) is 7.15. The second-order valence-electron chi connectivity index (χ2n) is 5.52. The molecule has 1 aliphatic rings. The van der Waals surface area contributed by atoms with Gasteiger partial charge in [0.25, 0.3) is 0 Å². The molecule has 2 amide bonds. The summed E-state index contributed by atoms with van der Waals surface area (Å²) in [5, 5.41) is 30.3. The third kappa shape index (κ3) is 3.09. The Morgan fingerprint density at radius 2 is 2.12 bits per heavy atom. The molecule has 0 bridgehead atoms. The van der Waals surface area contributed by atoms with Gasteiger partial charge < -0.3 is 10.4 Å². The fraction of sp³-hybridized carbons (Fsp3) is 0.286. The molecule has 11 heteroatoms. The topological polar surface area (TPSA) is 146 Å². The fourth-order valence-corrected chi connectivity index (χ4v) is 2.39. The van der Waals surface area contributed by atoms with E-state index in [1.807, 2.05) is 6.07 Å². The third-order valence-electron chi connectivity index (χ3n) is 3.79. The van der Waals surface area contributed by atoms with Gasteiger partial charge in [0.1, 0.15) is 5.41 Å².